The third-order valence-electron chi connectivity index (χ3n) is 0.533. The summed E-state index contributed by atoms with van der Waals surface area (Å²) in [5, 5.41) is 0. The van der Waals surface area contributed by atoms with E-state index in [1.807, 2.05) is 0 Å². The molecule has 0 fully saturated rings. The molecule has 0 aromatic carbocycles. The zero-order valence-corrected chi connectivity index (χ0v) is 14.4. The van der Waals surface area contributed by atoms with E-state index in [0.29, 0.717) is 26.2 Å². The van der Waals surface area contributed by atoms with Crippen LogP contribution in [0.3, 0.4) is 0 Å². The summed E-state index contributed by atoms with van der Waals surface area (Å²) in [6, 6.07) is 0. The maximum Gasteiger partial charge on any atom is 2.00 e. The Labute approximate surface area is 138 Å². The quantitative estimate of drug-likeness (QED) is 0.207. The van der Waals surface area contributed by atoms with E-state index in [1.54, 1.807) is 0 Å². The Balaban J connectivity index is -0.0000000560. The molecule has 0 bridgehead atoms. The third-order valence-corrected chi connectivity index (χ3v) is 2.13. The summed E-state index contributed by atoms with van der Waals surface area (Å²) in [6.07, 6.45) is 0. The minimum absolute atomic E-state index is 0. The van der Waals surface area contributed by atoms with Crippen molar-refractivity contribution < 1.29 is 73.9 Å². The molecule has 0 aromatic rings. The molecule has 0 rings (SSSR count). The fourth-order valence-corrected chi connectivity index (χ4v) is 1.10. The number of hydrogen-bond donors (Lipinski definition) is 4. The van der Waals surface area contributed by atoms with Gasteiger partial charge in [-0.2, -0.15) is 0 Å². The molecule has 124 valence electrons. The van der Waals surface area contributed by atoms with E-state index in [-0.39, 0.29) is 40.8 Å². The van der Waals surface area contributed by atoms with Crippen LogP contribution in [0.4, 0.5) is 0 Å². The second-order valence-electron chi connectivity index (χ2n) is 2.13. The van der Waals surface area contributed by atoms with Crippen molar-refractivity contribution in [1.29, 1.82) is 0 Å². The van der Waals surface area contributed by atoms with Gasteiger partial charge in [-0.05, 0) is 0 Å². The van der Waals surface area contributed by atoms with E-state index in [9.17, 15) is 28.7 Å². The maximum atomic E-state index is 9.32. The molecule has 0 unspecified atom stereocenters. The van der Waals surface area contributed by atoms with Crippen molar-refractivity contribution in [3.05, 3.63) is 0 Å². The zero-order valence-electron chi connectivity index (χ0n) is 9.52. The molecule has 19 heavy (non-hydrogen) atoms. The van der Waals surface area contributed by atoms with Crippen LogP contribution in [0.25, 0.3) is 0 Å². The van der Waals surface area contributed by atoms with Crippen molar-refractivity contribution in [1.82, 2.24) is 0 Å². The molecule has 0 radical (unpaired) electrons. The van der Waals surface area contributed by atoms with Crippen molar-refractivity contribution >= 4 is 15.6 Å². The molecule has 0 aliphatic heterocycles. The number of hydrogen-bond acceptors (Lipinski definition) is 11. The Kier molecular flexibility index (Phi) is 33.1. The summed E-state index contributed by atoms with van der Waals surface area (Å²) < 4.78 is 21.2. The maximum absolute atomic E-state index is 9.32. The Morgan fingerprint density at radius 2 is 0.842 bits per heavy atom. The zero-order chi connectivity index (χ0) is 14.5. The molecule has 0 atom stereocenters. The van der Waals surface area contributed by atoms with Gasteiger partial charge in [-0.3, -0.25) is 0 Å². The molecule has 11 nitrogen and oxygen atoms in total. The monoisotopic (exact) mass is 506 g/mol. The van der Waals surface area contributed by atoms with Crippen LogP contribution in [0.2, 0.25) is 0 Å². The third kappa shape index (κ3) is 66.4. The number of rotatable bonds is 4. The fraction of sp³-hybridized carbons (Fsp3) is 1.00. The molecule has 0 amide bonds. The molecule has 0 spiro atoms. The van der Waals surface area contributed by atoms with Gasteiger partial charge in [0.15, 0.2) is 0 Å². The van der Waals surface area contributed by atoms with Crippen LogP contribution in [-0.4, -0.2) is 26.2 Å². The summed E-state index contributed by atoms with van der Waals surface area (Å²) in [6.45, 7) is 2.39. The molecule has 0 aromatic heterocycles. The van der Waals surface area contributed by atoms with Crippen LogP contribution in [0.5, 0.6) is 0 Å². The van der Waals surface area contributed by atoms with Gasteiger partial charge in [-0.1, -0.05) is 0 Å². The second kappa shape index (κ2) is 19.4. The van der Waals surface area contributed by atoms with Gasteiger partial charge >= 0.3 is 40.8 Å². The second-order valence-corrected chi connectivity index (χ2v) is 4.57. The Morgan fingerprint density at radius 3 is 0.842 bits per heavy atom. The SMILES string of the molecule is NCCN.NCCN.O=P([O-])([O-])OP(=O)([O-])[O-].[Pd+2].[Pd+2]. The first-order valence-electron chi connectivity index (χ1n) is 4.09. The average Bonchev–Trinajstić information content (AvgIpc) is 2.13. The molecule has 0 aliphatic carbocycles. The van der Waals surface area contributed by atoms with Crippen molar-refractivity contribution in [2.75, 3.05) is 26.2 Å². The Bertz CT molecular complexity index is 221. The van der Waals surface area contributed by atoms with Crippen LogP contribution in [0.1, 0.15) is 0 Å². The number of nitrogens with two attached hydrogens (primary N) is 4. The normalized spacial score (nSPS) is 9.68. The van der Waals surface area contributed by atoms with E-state index in [0.717, 1.165) is 0 Å². The van der Waals surface area contributed by atoms with E-state index < -0.39 is 15.6 Å². The van der Waals surface area contributed by atoms with Gasteiger partial charge < -0.3 is 55.9 Å². The predicted octanol–water partition coefficient (Wildman–Crippen LogP) is -5.54. The van der Waals surface area contributed by atoms with E-state index in [2.05, 4.69) is 4.31 Å². The van der Waals surface area contributed by atoms with E-state index in [1.165, 1.54) is 0 Å². The van der Waals surface area contributed by atoms with Crippen LogP contribution in [0, 0.1) is 0 Å². The summed E-state index contributed by atoms with van der Waals surface area (Å²) in [4.78, 5) is 37.3. The van der Waals surface area contributed by atoms with Gasteiger partial charge in [0.1, 0.15) is 0 Å². The van der Waals surface area contributed by atoms with Gasteiger partial charge in [-0.25, -0.2) is 0 Å². The molecule has 0 saturated carbocycles. The van der Waals surface area contributed by atoms with E-state index >= 15 is 0 Å². The van der Waals surface area contributed by atoms with Crippen molar-refractivity contribution in [3.63, 3.8) is 0 Å². The van der Waals surface area contributed by atoms with Gasteiger partial charge in [0, 0.05) is 26.2 Å². The smallest absolute Gasteiger partial charge is 0.790 e. The van der Waals surface area contributed by atoms with Gasteiger partial charge in [0.05, 0.1) is 15.6 Å². The molecule has 0 heterocycles. The van der Waals surface area contributed by atoms with Crippen LogP contribution in [0.15, 0.2) is 0 Å². The van der Waals surface area contributed by atoms with Crippen LogP contribution < -0.4 is 42.5 Å². The molecule has 0 saturated heterocycles. The van der Waals surface area contributed by atoms with Crippen LogP contribution >= 0.6 is 15.6 Å². The first kappa shape index (κ1) is 32.4. The van der Waals surface area contributed by atoms with E-state index in [4.69, 9.17) is 22.9 Å². The first-order valence-corrected chi connectivity index (χ1v) is 7.01. The molecule has 15 heteroatoms. The van der Waals surface area contributed by atoms with Gasteiger partial charge in [0.2, 0.25) is 0 Å². The molecule has 8 N–H and O–H groups in total. The topological polar surface area (TPSA) is 240 Å². The van der Waals surface area contributed by atoms with Crippen molar-refractivity contribution in [2.24, 2.45) is 22.9 Å². The Hall–Kier alpha value is 1.42. The Morgan fingerprint density at radius 1 is 0.684 bits per heavy atom. The predicted molar refractivity (Wildman–Crippen MR) is 52.5 cm³/mol. The summed E-state index contributed by atoms with van der Waals surface area (Å²) in [5.74, 6) is 0. The molecular formula is C4H16N4O7P2Pd2. The van der Waals surface area contributed by atoms with Gasteiger partial charge in [0.25, 0.3) is 0 Å². The fourth-order valence-electron chi connectivity index (χ4n) is 0.122. The van der Waals surface area contributed by atoms with Crippen molar-refractivity contribution in [3.8, 4) is 0 Å². The number of phosphoric acid groups is 2. The van der Waals surface area contributed by atoms with Crippen molar-refractivity contribution in [2.45, 2.75) is 0 Å². The average molecular weight is 507 g/mol. The van der Waals surface area contributed by atoms with Gasteiger partial charge in [-0.15, -0.1) is 0 Å². The molecule has 0 aliphatic rings. The minimum Gasteiger partial charge on any atom is -0.790 e. The summed E-state index contributed by atoms with van der Waals surface area (Å²) in [5.41, 5.74) is 19.6. The first-order chi connectivity index (χ1) is 7.54. The molecular weight excluding hydrogens is 491 g/mol. The standard InChI is InChI=1S/2C2H8N2.H4O7P2.2Pd/c2*3-1-2-4;1-8(2,3)7-9(4,5)6;;/h2*1-4H2;(H2,1,2,3)(H2,4,5,6);;/q;;;2*+2/p-4. The summed E-state index contributed by atoms with van der Waals surface area (Å²) in [7, 11) is -11.4. The largest absolute Gasteiger partial charge is 2.00 e. The summed E-state index contributed by atoms with van der Waals surface area (Å²) >= 11 is 0. The minimum atomic E-state index is -5.68. The van der Waals surface area contributed by atoms with Crippen LogP contribution in [-0.2, 0) is 54.3 Å².